The molecule has 8 heteroatoms. The molecule has 1 aromatic carbocycles. The molecule has 0 saturated carbocycles. The molecule has 0 N–H and O–H groups in total. The average Bonchev–Trinajstić information content (AvgIpc) is 2.74. The molecule has 0 fully saturated rings. The van der Waals surface area contributed by atoms with E-state index in [1.807, 2.05) is 0 Å². The van der Waals surface area contributed by atoms with Crippen LogP contribution in [0.3, 0.4) is 0 Å². The molecule has 0 aliphatic carbocycles. The first-order valence-electron chi connectivity index (χ1n) is 5.56. The highest BCUT2D eigenvalue weighted by Crippen LogP contribution is 2.36. The first kappa shape index (κ1) is 16.5. The maximum atomic E-state index is 12.8. The summed E-state index contributed by atoms with van der Waals surface area (Å²) in [6.07, 6.45) is -4.52. The van der Waals surface area contributed by atoms with Crippen LogP contribution < -0.4 is 4.74 Å². The van der Waals surface area contributed by atoms with Crippen molar-refractivity contribution in [3.63, 3.8) is 0 Å². The van der Waals surface area contributed by atoms with Crippen LogP contribution in [0.1, 0.15) is 15.9 Å². The lowest BCUT2D eigenvalue weighted by molar-refractivity contribution is -0.138. The predicted octanol–water partition coefficient (Wildman–Crippen LogP) is 5.55. The predicted molar refractivity (Wildman–Crippen MR) is 81.0 cm³/mol. The summed E-state index contributed by atoms with van der Waals surface area (Å²) in [6, 6.07) is 6.39. The number of ketones is 1. The normalized spacial score (nSPS) is 11.5. The Morgan fingerprint density at radius 3 is 2.48 bits per heavy atom. The van der Waals surface area contributed by atoms with E-state index in [1.54, 1.807) is 6.07 Å². The zero-order chi connectivity index (χ0) is 15.6. The van der Waals surface area contributed by atoms with Gasteiger partial charge in [-0.1, -0.05) is 12.1 Å². The highest BCUT2D eigenvalue weighted by molar-refractivity contribution is 9.12. The lowest BCUT2D eigenvalue weighted by Crippen LogP contribution is -2.14. The molecular weight excluding hydrogens is 437 g/mol. The number of benzene rings is 1. The summed E-state index contributed by atoms with van der Waals surface area (Å²) in [5, 5.41) is 0. The van der Waals surface area contributed by atoms with E-state index in [1.165, 1.54) is 29.5 Å². The van der Waals surface area contributed by atoms with Crippen LogP contribution in [0.4, 0.5) is 13.2 Å². The lowest BCUT2D eigenvalue weighted by Gasteiger charge is -2.13. The van der Waals surface area contributed by atoms with Crippen LogP contribution in [0.25, 0.3) is 0 Å². The van der Waals surface area contributed by atoms with Crippen molar-refractivity contribution in [2.45, 2.75) is 6.18 Å². The smallest absolute Gasteiger partial charge is 0.419 e. The first-order valence-corrected chi connectivity index (χ1v) is 7.96. The summed E-state index contributed by atoms with van der Waals surface area (Å²) in [7, 11) is 0. The van der Waals surface area contributed by atoms with Crippen molar-refractivity contribution in [1.82, 2.24) is 0 Å². The minimum absolute atomic E-state index is 0.358. The molecule has 0 bridgehead atoms. The van der Waals surface area contributed by atoms with Gasteiger partial charge in [0, 0.05) is 5.56 Å². The van der Waals surface area contributed by atoms with Gasteiger partial charge in [-0.3, -0.25) is 4.79 Å². The van der Waals surface area contributed by atoms with Crippen molar-refractivity contribution >= 4 is 49.0 Å². The van der Waals surface area contributed by atoms with Gasteiger partial charge in [-0.25, -0.2) is 0 Å². The van der Waals surface area contributed by atoms with E-state index in [0.717, 1.165) is 9.85 Å². The zero-order valence-corrected chi connectivity index (χ0v) is 14.2. The third-order valence-corrected chi connectivity index (χ3v) is 4.85. The molecule has 0 radical (unpaired) electrons. The summed E-state index contributed by atoms with van der Waals surface area (Å²) in [5.74, 6) is -0.760. The number of carbonyl (C=O) groups is 1. The number of Topliss-reactive ketones (excluding diaryl/α,β-unsaturated/α-hetero) is 1. The van der Waals surface area contributed by atoms with Crippen molar-refractivity contribution in [3.05, 3.63) is 49.0 Å². The number of thiophene rings is 1. The molecular formula is C13H7Br2F3O2S. The van der Waals surface area contributed by atoms with Gasteiger partial charge < -0.3 is 4.74 Å². The molecule has 0 aliphatic heterocycles. The lowest BCUT2D eigenvalue weighted by atomic mass is 10.2. The van der Waals surface area contributed by atoms with Crippen LogP contribution >= 0.6 is 43.2 Å². The van der Waals surface area contributed by atoms with E-state index in [0.29, 0.717) is 9.35 Å². The second-order valence-electron chi connectivity index (χ2n) is 3.94. The number of halogens is 5. The molecule has 112 valence electrons. The second kappa shape index (κ2) is 6.50. The Hall–Kier alpha value is -0.860. The molecule has 1 heterocycles. The van der Waals surface area contributed by atoms with E-state index >= 15 is 0 Å². The van der Waals surface area contributed by atoms with Gasteiger partial charge in [0.2, 0.25) is 5.78 Å². The number of ether oxygens (including phenoxy) is 1. The third-order valence-electron chi connectivity index (χ3n) is 2.51. The standard InChI is InChI=1S/C13H7Br2F3O2S/c14-11-5-7(12(15)21-11)9(19)6-20-10-4-2-1-3-8(10)13(16,17)18/h1-5H,6H2. The van der Waals surface area contributed by atoms with Gasteiger partial charge in [-0.15, -0.1) is 11.3 Å². The first-order chi connectivity index (χ1) is 9.79. The van der Waals surface area contributed by atoms with Crippen molar-refractivity contribution in [3.8, 4) is 5.75 Å². The molecule has 1 aromatic heterocycles. The summed E-state index contributed by atoms with van der Waals surface area (Å²) >= 11 is 7.76. The molecule has 0 unspecified atom stereocenters. The van der Waals surface area contributed by atoms with E-state index < -0.39 is 24.1 Å². The van der Waals surface area contributed by atoms with Gasteiger partial charge in [-0.05, 0) is 50.1 Å². The molecule has 2 rings (SSSR count). The Balaban J connectivity index is 2.14. The van der Waals surface area contributed by atoms with Crippen LogP contribution in [0.5, 0.6) is 5.75 Å². The molecule has 2 aromatic rings. The second-order valence-corrected chi connectivity index (χ2v) is 7.69. The van der Waals surface area contributed by atoms with Gasteiger partial charge in [0.1, 0.15) is 5.75 Å². The van der Waals surface area contributed by atoms with E-state index in [4.69, 9.17) is 4.74 Å². The van der Waals surface area contributed by atoms with Crippen molar-refractivity contribution < 1.29 is 22.7 Å². The Morgan fingerprint density at radius 2 is 1.90 bits per heavy atom. The van der Waals surface area contributed by atoms with Gasteiger partial charge in [0.05, 0.1) is 13.1 Å². The van der Waals surface area contributed by atoms with Gasteiger partial charge >= 0.3 is 6.18 Å². The number of hydrogen-bond donors (Lipinski definition) is 0. The maximum absolute atomic E-state index is 12.8. The van der Waals surface area contributed by atoms with Crippen LogP contribution in [-0.2, 0) is 6.18 Å². The molecule has 0 spiro atoms. The molecule has 0 atom stereocenters. The Labute approximate surface area is 139 Å². The number of alkyl halides is 3. The monoisotopic (exact) mass is 442 g/mol. The maximum Gasteiger partial charge on any atom is 0.419 e. The van der Waals surface area contributed by atoms with Crippen LogP contribution in [-0.4, -0.2) is 12.4 Å². The molecule has 0 saturated heterocycles. The highest BCUT2D eigenvalue weighted by Gasteiger charge is 2.34. The Morgan fingerprint density at radius 1 is 1.24 bits per heavy atom. The fourth-order valence-electron chi connectivity index (χ4n) is 1.58. The molecule has 2 nitrogen and oxygen atoms in total. The summed E-state index contributed by atoms with van der Waals surface area (Å²) in [6.45, 7) is -0.463. The molecule has 0 amide bonds. The summed E-state index contributed by atoms with van der Waals surface area (Å²) < 4.78 is 44.7. The average molecular weight is 444 g/mol. The van der Waals surface area contributed by atoms with Crippen LogP contribution in [0.2, 0.25) is 0 Å². The van der Waals surface area contributed by atoms with Gasteiger partial charge in [0.25, 0.3) is 0 Å². The number of para-hydroxylation sites is 1. The van der Waals surface area contributed by atoms with Crippen molar-refractivity contribution in [1.29, 1.82) is 0 Å². The third kappa shape index (κ3) is 4.08. The quantitative estimate of drug-likeness (QED) is 0.578. The molecule has 21 heavy (non-hydrogen) atoms. The SMILES string of the molecule is O=C(COc1ccccc1C(F)(F)F)c1cc(Br)sc1Br. The number of carbonyl (C=O) groups excluding carboxylic acids is 1. The van der Waals surface area contributed by atoms with Crippen molar-refractivity contribution in [2.75, 3.05) is 6.61 Å². The largest absolute Gasteiger partial charge is 0.485 e. The Kier molecular flexibility index (Phi) is 5.11. The Bertz CT molecular complexity index is 668. The van der Waals surface area contributed by atoms with Gasteiger partial charge in [0.15, 0.2) is 6.61 Å². The minimum atomic E-state index is -4.52. The van der Waals surface area contributed by atoms with E-state index in [2.05, 4.69) is 31.9 Å². The van der Waals surface area contributed by atoms with Crippen LogP contribution in [0, 0.1) is 0 Å². The molecule has 0 aliphatic rings. The van der Waals surface area contributed by atoms with Crippen molar-refractivity contribution in [2.24, 2.45) is 0 Å². The fourth-order valence-corrected chi connectivity index (χ4v) is 4.43. The zero-order valence-electron chi connectivity index (χ0n) is 10.2. The number of hydrogen-bond acceptors (Lipinski definition) is 3. The van der Waals surface area contributed by atoms with E-state index in [9.17, 15) is 18.0 Å². The summed E-state index contributed by atoms with van der Waals surface area (Å²) in [5.41, 5.74) is -0.528. The minimum Gasteiger partial charge on any atom is -0.485 e. The van der Waals surface area contributed by atoms with E-state index in [-0.39, 0.29) is 5.75 Å². The van der Waals surface area contributed by atoms with Crippen LogP contribution in [0.15, 0.2) is 37.9 Å². The fraction of sp³-hybridized carbons (Fsp3) is 0.154. The summed E-state index contributed by atoms with van der Waals surface area (Å²) in [4.78, 5) is 12.0. The number of rotatable bonds is 4. The topological polar surface area (TPSA) is 26.3 Å². The van der Waals surface area contributed by atoms with Gasteiger partial charge in [-0.2, -0.15) is 13.2 Å². The highest BCUT2D eigenvalue weighted by atomic mass is 79.9.